The highest BCUT2D eigenvalue weighted by Crippen LogP contribution is 2.36. The summed E-state index contributed by atoms with van der Waals surface area (Å²) in [5.74, 6) is 0. The average molecular weight is 452 g/mol. The molecule has 0 spiro atoms. The third-order valence-corrected chi connectivity index (χ3v) is 7.80. The molecule has 0 atom stereocenters. The van der Waals surface area contributed by atoms with Gasteiger partial charge in [-0.3, -0.25) is 0 Å². The fourth-order valence-electron chi connectivity index (χ4n) is 4.98. The van der Waals surface area contributed by atoms with Gasteiger partial charge in [0.25, 0.3) is 0 Å². The Morgan fingerprint density at radius 1 is 0.559 bits per heavy atom. The number of aryl methyl sites for hydroxylation is 1. The third-order valence-electron chi connectivity index (χ3n) is 6.73. The van der Waals surface area contributed by atoms with Gasteiger partial charge in [-0.2, -0.15) is 0 Å². The lowest BCUT2D eigenvalue weighted by Crippen LogP contribution is -1.84. The maximum atomic E-state index is 4.85. The van der Waals surface area contributed by atoms with Crippen LogP contribution in [0.3, 0.4) is 0 Å². The van der Waals surface area contributed by atoms with Crippen molar-refractivity contribution in [1.82, 2.24) is 4.98 Å². The van der Waals surface area contributed by atoms with Crippen LogP contribution in [0.4, 0.5) is 0 Å². The lowest BCUT2D eigenvalue weighted by atomic mass is 9.93. The van der Waals surface area contributed by atoms with E-state index in [-0.39, 0.29) is 0 Å². The molecule has 0 N–H and O–H groups in total. The first kappa shape index (κ1) is 19.5. The zero-order valence-corrected chi connectivity index (χ0v) is 19.6. The summed E-state index contributed by atoms with van der Waals surface area (Å²) in [6, 6.07) is 39.7. The molecule has 0 bridgehead atoms. The first-order valence-electron chi connectivity index (χ1n) is 11.6. The van der Waals surface area contributed by atoms with Gasteiger partial charge in [0.05, 0.1) is 10.2 Å². The molecule has 1 heterocycles. The second-order valence-corrected chi connectivity index (χ2v) is 9.98. The van der Waals surface area contributed by atoms with Crippen LogP contribution in [-0.2, 0) is 0 Å². The molecule has 0 unspecified atom stereocenters. The molecule has 0 saturated carbocycles. The standard InChI is InChI=1S/C32H21NS/c1-20-9-16-30-31(17-20)34-32(33-30)23-13-10-22(11-14-23)27-8-4-6-24-18-29-25(19-28(24)27)15-12-21-5-2-3-7-26(21)29/h2-19H,1H3. The van der Waals surface area contributed by atoms with E-state index in [1.165, 1.54) is 59.3 Å². The largest absolute Gasteiger partial charge is 0.236 e. The van der Waals surface area contributed by atoms with E-state index < -0.39 is 0 Å². The van der Waals surface area contributed by atoms with Crippen LogP contribution in [0.2, 0.25) is 0 Å². The smallest absolute Gasteiger partial charge is 0.124 e. The van der Waals surface area contributed by atoms with Gasteiger partial charge >= 0.3 is 0 Å². The lowest BCUT2D eigenvalue weighted by molar-refractivity contribution is 1.45. The van der Waals surface area contributed by atoms with Crippen LogP contribution in [0.25, 0.3) is 64.2 Å². The Labute approximate surface area is 201 Å². The summed E-state index contributed by atoms with van der Waals surface area (Å²) >= 11 is 1.76. The van der Waals surface area contributed by atoms with Crippen molar-refractivity contribution in [3.63, 3.8) is 0 Å². The molecule has 160 valence electrons. The van der Waals surface area contributed by atoms with Crippen molar-refractivity contribution in [3.05, 3.63) is 115 Å². The maximum Gasteiger partial charge on any atom is 0.124 e. The van der Waals surface area contributed by atoms with Crippen LogP contribution in [0.1, 0.15) is 5.56 Å². The van der Waals surface area contributed by atoms with Crippen molar-refractivity contribution in [2.45, 2.75) is 6.92 Å². The first-order valence-corrected chi connectivity index (χ1v) is 12.4. The molecule has 7 aromatic rings. The summed E-state index contributed by atoms with van der Waals surface area (Å²) in [5, 5.41) is 8.81. The predicted molar refractivity (Wildman–Crippen MR) is 148 cm³/mol. The molecule has 0 amide bonds. The average Bonchev–Trinajstić information content (AvgIpc) is 3.30. The number of benzene rings is 6. The van der Waals surface area contributed by atoms with E-state index in [1.54, 1.807) is 11.3 Å². The summed E-state index contributed by atoms with van der Waals surface area (Å²) in [4.78, 5) is 4.85. The highest BCUT2D eigenvalue weighted by molar-refractivity contribution is 7.21. The molecule has 0 radical (unpaired) electrons. The zero-order valence-electron chi connectivity index (χ0n) is 18.7. The second kappa shape index (κ2) is 7.51. The van der Waals surface area contributed by atoms with Crippen molar-refractivity contribution in [3.8, 4) is 21.7 Å². The van der Waals surface area contributed by atoms with Gasteiger partial charge in [0.15, 0.2) is 0 Å². The van der Waals surface area contributed by atoms with E-state index in [0.29, 0.717) is 0 Å². The van der Waals surface area contributed by atoms with Gasteiger partial charge in [0.2, 0.25) is 0 Å². The molecule has 6 aromatic carbocycles. The summed E-state index contributed by atoms with van der Waals surface area (Å²) in [6.07, 6.45) is 0. The van der Waals surface area contributed by atoms with Crippen molar-refractivity contribution in [2.24, 2.45) is 0 Å². The van der Waals surface area contributed by atoms with Crippen molar-refractivity contribution in [2.75, 3.05) is 0 Å². The summed E-state index contributed by atoms with van der Waals surface area (Å²) in [6.45, 7) is 2.13. The Bertz CT molecular complexity index is 1860. The number of fused-ring (bicyclic) bond motifs is 5. The number of hydrogen-bond acceptors (Lipinski definition) is 2. The fourth-order valence-corrected chi connectivity index (χ4v) is 6.05. The molecule has 34 heavy (non-hydrogen) atoms. The Hall–Kier alpha value is -4.01. The number of rotatable bonds is 2. The molecule has 2 heteroatoms. The quantitative estimate of drug-likeness (QED) is 0.188. The second-order valence-electron chi connectivity index (χ2n) is 8.95. The van der Waals surface area contributed by atoms with Gasteiger partial charge in [-0.1, -0.05) is 84.9 Å². The Morgan fingerprint density at radius 2 is 1.29 bits per heavy atom. The third kappa shape index (κ3) is 3.11. The number of aromatic nitrogens is 1. The van der Waals surface area contributed by atoms with Crippen LogP contribution in [0.5, 0.6) is 0 Å². The lowest BCUT2D eigenvalue weighted by Gasteiger charge is -2.11. The van der Waals surface area contributed by atoms with Gasteiger partial charge in [-0.15, -0.1) is 11.3 Å². The normalized spacial score (nSPS) is 11.7. The predicted octanol–water partition coefficient (Wildman–Crippen LogP) is 9.40. The van der Waals surface area contributed by atoms with Gasteiger partial charge in [-0.05, 0) is 80.2 Å². The first-order chi connectivity index (χ1) is 16.7. The Kier molecular flexibility index (Phi) is 4.30. The minimum absolute atomic E-state index is 1.07. The highest BCUT2D eigenvalue weighted by Gasteiger charge is 2.10. The van der Waals surface area contributed by atoms with Crippen LogP contribution in [0, 0.1) is 6.92 Å². The van der Waals surface area contributed by atoms with Crippen molar-refractivity contribution < 1.29 is 0 Å². The minimum atomic E-state index is 1.07. The topological polar surface area (TPSA) is 12.9 Å². The zero-order chi connectivity index (χ0) is 22.6. The van der Waals surface area contributed by atoms with Crippen LogP contribution < -0.4 is 0 Å². The highest BCUT2D eigenvalue weighted by atomic mass is 32.1. The SMILES string of the molecule is Cc1ccc2nc(-c3ccc(-c4cccc5cc6c(ccc7ccccc76)cc45)cc3)sc2c1. The van der Waals surface area contributed by atoms with E-state index in [0.717, 1.165) is 10.5 Å². The van der Waals surface area contributed by atoms with Gasteiger partial charge in [-0.25, -0.2) is 4.98 Å². The van der Waals surface area contributed by atoms with Gasteiger partial charge in [0.1, 0.15) is 5.01 Å². The summed E-state index contributed by atoms with van der Waals surface area (Å²) in [7, 11) is 0. The number of nitrogens with zero attached hydrogens (tertiary/aromatic N) is 1. The van der Waals surface area contributed by atoms with Crippen LogP contribution >= 0.6 is 11.3 Å². The Morgan fingerprint density at radius 3 is 2.21 bits per heavy atom. The van der Waals surface area contributed by atoms with Crippen LogP contribution in [-0.4, -0.2) is 4.98 Å². The molecule has 7 rings (SSSR count). The van der Waals surface area contributed by atoms with Crippen LogP contribution in [0.15, 0.2) is 109 Å². The molecule has 0 aliphatic carbocycles. The van der Waals surface area contributed by atoms with Crippen molar-refractivity contribution in [1.29, 1.82) is 0 Å². The molecule has 0 aliphatic heterocycles. The molecule has 0 saturated heterocycles. The number of thiazole rings is 1. The Balaban J connectivity index is 1.35. The van der Waals surface area contributed by atoms with E-state index in [1.807, 2.05) is 0 Å². The molecule has 0 fully saturated rings. The van der Waals surface area contributed by atoms with Gasteiger partial charge < -0.3 is 0 Å². The summed E-state index contributed by atoms with van der Waals surface area (Å²) < 4.78 is 1.24. The van der Waals surface area contributed by atoms with E-state index in [9.17, 15) is 0 Å². The molecule has 1 aromatic heterocycles. The van der Waals surface area contributed by atoms with Gasteiger partial charge in [0, 0.05) is 5.56 Å². The fraction of sp³-hybridized carbons (Fsp3) is 0.0312. The van der Waals surface area contributed by atoms with E-state index in [4.69, 9.17) is 4.98 Å². The molecule has 0 aliphatic rings. The van der Waals surface area contributed by atoms with E-state index in [2.05, 4.69) is 116 Å². The summed E-state index contributed by atoms with van der Waals surface area (Å²) in [5.41, 5.74) is 6.00. The molecule has 1 nitrogen and oxygen atoms in total. The minimum Gasteiger partial charge on any atom is -0.236 e. The van der Waals surface area contributed by atoms with Crippen molar-refractivity contribution >= 4 is 53.9 Å². The number of hydrogen-bond donors (Lipinski definition) is 0. The maximum absolute atomic E-state index is 4.85. The monoisotopic (exact) mass is 451 g/mol. The molecular formula is C32H21NS. The molecular weight excluding hydrogens is 430 g/mol. The van der Waals surface area contributed by atoms with E-state index >= 15 is 0 Å².